The highest BCUT2D eigenvalue weighted by Crippen LogP contribution is 2.33. The number of pyridine rings is 1. The largest absolute Gasteiger partial charge is 0.481 e. The van der Waals surface area contributed by atoms with E-state index in [0.29, 0.717) is 22.9 Å². The fourth-order valence-electron chi connectivity index (χ4n) is 2.52. The number of aromatic nitrogens is 1. The first-order valence-electron chi connectivity index (χ1n) is 7.14. The van der Waals surface area contributed by atoms with Gasteiger partial charge in [0.05, 0.1) is 25.5 Å². The Morgan fingerprint density at radius 3 is 2.77 bits per heavy atom. The molecule has 114 valence electrons. The summed E-state index contributed by atoms with van der Waals surface area (Å²) in [5.41, 5.74) is 2.42. The van der Waals surface area contributed by atoms with Gasteiger partial charge >= 0.3 is 5.97 Å². The molecule has 0 atom stereocenters. The Balaban J connectivity index is 2.00. The lowest BCUT2D eigenvalue weighted by Gasteiger charge is -2.18. The normalized spacial score (nSPS) is 13.0. The highest BCUT2D eigenvalue weighted by Gasteiger charge is 2.17. The van der Waals surface area contributed by atoms with E-state index in [1.54, 1.807) is 25.3 Å². The van der Waals surface area contributed by atoms with Crippen molar-refractivity contribution in [2.45, 2.75) is 19.3 Å². The van der Waals surface area contributed by atoms with Crippen LogP contribution in [0, 0.1) is 0 Å². The Labute approximate surface area is 128 Å². The van der Waals surface area contributed by atoms with Crippen molar-refractivity contribution in [1.29, 1.82) is 0 Å². The Morgan fingerprint density at radius 2 is 2.00 bits per heavy atom. The van der Waals surface area contributed by atoms with Crippen LogP contribution in [0.4, 0.5) is 0 Å². The van der Waals surface area contributed by atoms with Crippen LogP contribution in [0.25, 0.3) is 0 Å². The summed E-state index contributed by atoms with van der Waals surface area (Å²) in [6.07, 6.45) is 2.65. The lowest BCUT2D eigenvalue weighted by atomic mass is 10.0. The highest BCUT2D eigenvalue weighted by atomic mass is 16.5. The first kappa shape index (κ1) is 14.4. The fraction of sp³-hybridized carbons (Fsp3) is 0.294. The molecule has 5 nitrogen and oxygen atoms in total. The van der Waals surface area contributed by atoms with Gasteiger partial charge in [0, 0.05) is 6.07 Å². The van der Waals surface area contributed by atoms with E-state index in [-0.39, 0.29) is 5.97 Å². The molecular formula is C17H17NO4. The molecule has 2 aromatic rings. The first-order chi connectivity index (χ1) is 10.7. The predicted octanol–water partition coefficient (Wildman–Crippen LogP) is 3.16. The fourth-order valence-corrected chi connectivity index (χ4v) is 2.52. The van der Waals surface area contributed by atoms with Crippen LogP contribution in [0.3, 0.4) is 0 Å². The van der Waals surface area contributed by atoms with Gasteiger partial charge in [-0.25, -0.2) is 9.78 Å². The van der Waals surface area contributed by atoms with Gasteiger partial charge in [0.2, 0.25) is 5.88 Å². The maximum atomic E-state index is 11.7. The van der Waals surface area contributed by atoms with Crippen LogP contribution in [0.2, 0.25) is 0 Å². The van der Waals surface area contributed by atoms with E-state index in [1.807, 2.05) is 12.1 Å². The van der Waals surface area contributed by atoms with E-state index >= 15 is 0 Å². The summed E-state index contributed by atoms with van der Waals surface area (Å²) in [4.78, 5) is 16.1. The molecule has 0 N–H and O–H groups in total. The third kappa shape index (κ3) is 2.74. The van der Waals surface area contributed by atoms with Gasteiger partial charge in [-0.1, -0.05) is 6.07 Å². The minimum Gasteiger partial charge on any atom is -0.481 e. The number of ether oxygens (including phenoxy) is 3. The molecule has 1 aliphatic rings. The minimum atomic E-state index is -0.374. The lowest BCUT2D eigenvalue weighted by molar-refractivity contribution is 0.0600. The molecule has 0 aliphatic carbocycles. The van der Waals surface area contributed by atoms with Crippen LogP contribution in [0.5, 0.6) is 17.4 Å². The maximum absolute atomic E-state index is 11.7. The van der Waals surface area contributed by atoms with Gasteiger partial charge < -0.3 is 14.2 Å². The van der Waals surface area contributed by atoms with E-state index in [0.717, 1.165) is 30.5 Å². The molecule has 0 saturated heterocycles. The van der Waals surface area contributed by atoms with Crippen LogP contribution in [0.1, 0.15) is 28.0 Å². The van der Waals surface area contributed by atoms with Gasteiger partial charge in [-0.15, -0.1) is 0 Å². The van der Waals surface area contributed by atoms with Crippen molar-refractivity contribution >= 4 is 5.97 Å². The van der Waals surface area contributed by atoms with Crippen LogP contribution in [0.15, 0.2) is 30.3 Å². The summed E-state index contributed by atoms with van der Waals surface area (Å²) in [6, 6.07) is 9.03. The zero-order valence-corrected chi connectivity index (χ0v) is 12.6. The molecule has 1 aromatic carbocycles. The van der Waals surface area contributed by atoms with E-state index in [1.165, 1.54) is 7.11 Å². The number of benzene rings is 1. The number of hydrogen-bond donors (Lipinski definition) is 0. The van der Waals surface area contributed by atoms with Gasteiger partial charge in [0.1, 0.15) is 11.5 Å². The number of aryl methyl sites for hydroxylation is 2. The summed E-state index contributed by atoms with van der Waals surface area (Å²) < 4.78 is 15.9. The van der Waals surface area contributed by atoms with E-state index in [9.17, 15) is 4.79 Å². The number of rotatable bonds is 2. The average molecular weight is 299 g/mol. The monoisotopic (exact) mass is 299 g/mol. The Hall–Kier alpha value is -2.56. The number of esters is 1. The Kier molecular flexibility index (Phi) is 3.96. The molecule has 0 fully saturated rings. The molecule has 1 aliphatic heterocycles. The van der Waals surface area contributed by atoms with E-state index in [4.69, 9.17) is 14.2 Å². The molecule has 22 heavy (non-hydrogen) atoms. The van der Waals surface area contributed by atoms with Crippen molar-refractivity contribution in [3.63, 3.8) is 0 Å². The highest BCUT2D eigenvalue weighted by molar-refractivity contribution is 5.90. The molecule has 0 bridgehead atoms. The number of methoxy groups -OCH3 is 2. The summed E-state index contributed by atoms with van der Waals surface area (Å²) in [7, 11) is 2.96. The molecule has 0 unspecified atom stereocenters. The first-order valence-corrected chi connectivity index (χ1v) is 7.14. The van der Waals surface area contributed by atoms with Crippen molar-refractivity contribution in [1.82, 2.24) is 4.98 Å². The van der Waals surface area contributed by atoms with Crippen molar-refractivity contribution in [2.24, 2.45) is 0 Å². The van der Waals surface area contributed by atoms with Gasteiger partial charge in [0.25, 0.3) is 0 Å². The lowest BCUT2D eigenvalue weighted by Crippen LogP contribution is -2.06. The molecule has 3 rings (SSSR count). The second kappa shape index (κ2) is 6.05. The van der Waals surface area contributed by atoms with Crippen LogP contribution in [-0.2, 0) is 17.6 Å². The van der Waals surface area contributed by atoms with Crippen molar-refractivity contribution in [3.8, 4) is 17.4 Å². The molecule has 0 spiro atoms. The smallest absolute Gasteiger partial charge is 0.337 e. The van der Waals surface area contributed by atoms with Crippen molar-refractivity contribution in [3.05, 3.63) is 47.2 Å². The molecular weight excluding hydrogens is 282 g/mol. The number of nitrogens with zero attached hydrogens (tertiary/aromatic N) is 1. The molecule has 1 aromatic heterocycles. The van der Waals surface area contributed by atoms with Gasteiger partial charge in [-0.05, 0) is 43.0 Å². The van der Waals surface area contributed by atoms with Crippen molar-refractivity contribution in [2.75, 3.05) is 14.2 Å². The summed E-state index contributed by atoms with van der Waals surface area (Å²) in [5, 5.41) is 0. The Bertz CT molecular complexity index is 712. The predicted molar refractivity (Wildman–Crippen MR) is 80.7 cm³/mol. The average Bonchev–Trinajstić information content (AvgIpc) is 2.54. The number of hydrogen-bond acceptors (Lipinski definition) is 5. The third-order valence-corrected chi connectivity index (χ3v) is 3.68. The van der Waals surface area contributed by atoms with Crippen molar-refractivity contribution < 1.29 is 19.0 Å². The second-order valence-electron chi connectivity index (χ2n) is 5.07. The van der Waals surface area contributed by atoms with Gasteiger partial charge in [0.15, 0.2) is 0 Å². The number of carbonyl (C=O) groups is 1. The zero-order chi connectivity index (χ0) is 15.5. The maximum Gasteiger partial charge on any atom is 0.337 e. The molecule has 0 radical (unpaired) electrons. The van der Waals surface area contributed by atoms with Crippen LogP contribution < -0.4 is 9.47 Å². The Morgan fingerprint density at radius 1 is 1.14 bits per heavy atom. The molecule has 5 heteroatoms. The van der Waals surface area contributed by atoms with Crippen LogP contribution >= 0.6 is 0 Å². The van der Waals surface area contributed by atoms with Gasteiger partial charge in [-0.2, -0.15) is 0 Å². The second-order valence-corrected chi connectivity index (χ2v) is 5.07. The standard InChI is InChI=1S/C17H17NO4/c1-20-16-9-8-14-13(18-16)5-3-4-11-6-7-12(17(19)21-2)10-15(11)22-14/h6-10H,3-5H2,1-2H3. The van der Waals surface area contributed by atoms with E-state index in [2.05, 4.69) is 4.98 Å². The molecule has 0 saturated carbocycles. The summed E-state index contributed by atoms with van der Waals surface area (Å²) in [5.74, 6) is 1.58. The zero-order valence-electron chi connectivity index (χ0n) is 12.6. The van der Waals surface area contributed by atoms with E-state index < -0.39 is 0 Å². The molecule has 0 amide bonds. The topological polar surface area (TPSA) is 57.7 Å². The minimum absolute atomic E-state index is 0.374. The number of fused-ring (bicyclic) bond motifs is 2. The SMILES string of the molecule is COC(=O)c1ccc2c(c1)Oc1ccc(OC)nc1CCC2. The van der Waals surface area contributed by atoms with Gasteiger partial charge in [-0.3, -0.25) is 0 Å². The number of carbonyl (C=O) groups excluding carboxylic acids is 1. The third-order valence-electron chi connectivity index (χ3n) is 3.68. The van der Waals surface area contributed by atoms with Crippen LogP contribution in [-0.4, -0.2) is 25.2 Å². The summed E-state index contributed by atoms with van der Waals surface area (Å²) in [6.45, 7) is 0. The quantitative estimate of drug-likeness (QED) is 0.797. The summed E-state index contributed by atoms with van der Waals surface area (Å²) >= 11 is 0. The molecule has 2 heterocycles.